The third-order valence-electron chi connectivity index (χ3n) is 5.09. The van der Waals surface area contributed by atoms with Crippen molar-refractivity contribution in [2.75, 3.05) is 18.4 Å². The third-order valence-corrected chi connectivity index (χ3v) is 5.09. The van der Waals surface area contributed by atoms with Crippen molar-refractivity contribution in [2.45, 2.75) is 33.8 Å². The highest BCUT2D eigenvalue weighted by atomic mass is 16.5. The minimum absolute atomic E-state index is 0.236. The maximum atomic E-state index is 11.6. The summed E-state index contributed by atoms with van der Waals surface area (Å²) >= 11 is 0. The number of pyridine rings is 1. The molecule has 0 saturated heterocycles. The van der Waals surface area contributed by atoms with Gasteiger partial charge in [-0.1, -0.05) is 6.07 Å². The van der Waals surface area contributed by atoms with Crippen molar-refractivity contribution >= 4 is 11.8 Å². The van der Waals surface area contributed by atoms with E-state index >= 15 is 0 Å². The molecule has 7 heteroatoms. The number of nitrogens with zero attached hydrogens (tertiary/aromatic N) is 2. The van der Waals surface area contributed by atoms with Crippen molar-refractivity contribution in [3.8, 4) is 6.07 Å². The standard InChI is InChI=1S/C22H25N5O2/c1-13-8-21(27-15(3)19(13)9-23)26-11-17(24)10-25-7-6-16-4-5-18-20(14(16)2)12-29-22(18)28/h4-5,8,11,25H,6-7,10,12,24H2,1-3H3,(H,26,27)/b17-11-. The number of ether oxygens (including phenoxy) is 1. The molecule has 0 radical (unpaired) electrons. The van der Waals surface area contributed by atoms with E-state index < -0.39 is 0 Å². The molecule has 2 heterocycles. The number of nitriles is 1. The van der Waals surface area contributed by atoms with Crippen molar-refractivity contribution in [2.24, 2.45) is 5.73 Å². The molecule has 3 rings (SSSR count). The summed E-state index contributed by atoms with van der Waals surface area (Å²) in [5.74, 6) is 0.424. The Morgan fingerprint density at radius 1 is 1.38 bits per heavy atom. The fraction of sp³-hybridized carbons (Fsp3) is 0.318. The number of aryl methyl sites for hydroxylation is 2. The summed E-state index contributed by atoms with van der Waals surface area (Å²) in [6.45, 7) is 7.39. The van der Waals surface area contributed by atoms with E-state index in [1.54, 1.807) is 6.20 Å². The second kappa shape index (κ2) is 8.76. The van der Waals surface area contributed by atoms with E-state index in [9.17, 15) is 4.79 Å². The minimum atomic E-state index is -0.236. The molecule has 7 nitrogen and oxygen atoms in total. The third kappa shape index (κ3) is 4.55. The topological polar surface area (TPSA) is 113 Å². The van der Waals surface area contributed by atoms with Crippen LogP contribution < -0.4 is 16.4 Å². The number of rotatable bonds is 7. The second-order valence-electron chi connectivity index (χ2n) is 7.14. The summed E-state index contributed by atoms with van der Waals surface area (Å²) in [4.78, 5) is 16.0. The van der Waals surface area contributed by atoms with E-state index in [4.69, 9.17) is 15.7 Å². The zero-order valence-electron chi connectivity index (χ0n) is 16.9. The summed E-state index contributed by atoms with van der Waals surface area (Å²) in [6.07, 6.45) is 2.55. The van der Waals surface area contributed by atoms with Gasteiger partial charge in [0.2, 0.25) is 0 Å². The number of benzene rings is 1. The van der Waals surface area contributed by atoms with Crippen molar-refractivity contribution in [3.63, 3.8) is 0 Å². The average molecular weight is 391 g/mol. The Morgan fingerprint density at radius 2 is 2.17 bits per heavy atom. The number of nitrogens with two attached hydrogens (primary N) is 1. The first kappa shape index (κ1) is 20.4. The zero-order valence-corrected chi connectivity index (χ0v) is 16.9. The molecule has 0 spiro atoms. The van der Waals surface area contributed by atoms with E-state index in [1.165, 1.54) is 5.56 Å². The highest BCUT2D eigenvalue weighted by Gasteiger charge is 2.23. The molecule has 150 valence electrons. The number of carbonyl (C=O) groups excluding carboxylic acids is 1. The molecule has 29 heavy (non-hydrogen) atoms. The lowest BCUT2D eigenvalue weighted by Crippen LogP contribution is -2.24. The molecule has 0 aliphatic carbocycles. The van der Waals surface area contributed by atoms with Crippen LogP contribution in [0, 0.1) is 32.1 Å². The molecule has 1 aliphatic heterocycles. The van der Waals surface area contributed by atoms with Crippen molar-refractivity contribution in [1.29, 1.82) is 5.26 Å². The molecule has 0 saturated carbocycles. The van der Waals surface area contributed by atoms with Gasteiger partial charge in [0, 0.05) is 24.0 Å². The van der Waals surface area contributed by atoms with Gasteiger partial charge in [-0.2, -0.15) is 5.26 Å². The van der Waals surface area contributed by atoms with Crippen LogP contribution in [0.1, 0.15) is 43.9 Å². The fourth-order valence-electron chi connectivity index (χ4n) is 3.42. The molecule has 1 aromatic carbocycles. The molecule has 4 N–H and O–H groups in total. The molecule has 2 aromatic rings. The van der Waals surface area contributed by atoms with Crippen molar-refractivity contribution < 1.29 is 9.53 Å². The summed E-state index contributed by atoms with van der Waals surface area (Å²) < 4.78 is 5.10. The molecule has 0 amide bonds. The summed E-state index contributed by atoms with van der Waals surface area (Å²) in [6, 6.07) is 7.82. The fourth-order valence-corrected chi connectivity index (χ4v) is 3.42. The number of cyclic esters (lactones) is 1. The number of nitrogens with one attached hydrogen (secondary N) is 2. The van der Waals surface area contributed by atoms with Gasteiger partial charge in [-0.15, -0.1) is 0 Å². The first-order chi connectivity index (χ1) is 13.9. The van der Waals surface area contributed by atoms with Gasteiger partial charge < -0.3 is 21.1 Å². The first-order valence-corrected chi connectivity index (χ1v) is 9.49. The lowest BCUT2D eigenvalue weighted by atomic mass is 9.97. The van der Waals surface area contributed by atoms with Crippen molar-refractivity contribution in [3.05, 3.63) is 69.2 Å². The molecule has 1 aliphatic rings. The van der Waals surface area contributed by atoms with E-state index in [-0.39, 0.29) is 5.97 Å². The number of fused-ring (bicyclic) bond motifs is 1. The van der Waals surface area contributed by atoms with E-state index in [1.807, 2.05) is 39.0 Å². The van der Waals surface area contributed by atoms with Crippen LogP contribution in [0.15, 0.2) is 30.1 Å². The minimum Gasteiger partial charge on any atom is -0.457 e. The maximum Gasteiger partial charge on any atom is 0.338 e. The van der Waals surface area contributed by atoms with Crippen LogP contribution >= 0.6 is 0 Å². The van der Waals surface area contributed by atoms with Gasteiger partial charge in [0.05, 0.1) is 16.8 Å². The molecule has 0 unspecified atom stereocenters. The van der Waals surface area contributed by atoms with Crippen LogP contribution in [0.4, 0.5) is 5.82 Å². The normalized spacial score (nSPS) is 13.0. The van der Waals surface area contributed by atoms with Gasteiger partial charge in [0.15, 0.2) is 0 Å². The smallest absolute Gasteiger partial charge is 0.338 e. The monoisotopic (exact) mass is 391 g/mol. The SMILES string of the molecule is Cc1cc(N/C=C(\N)CNCCc2ccc3c(c2C)COC3=O)nc(C)c1C#N. The van der Waals surface area contributed by atoms with Gasteiger partial charge >= 0.3 is 5.97 Å². The molecule has 0 bridgehead atoms. The van der Waals surface area contributed by atoms with E-state index in [2.05, 4.69) is 21.7 Å². The van der Waals surface area contributed by atoms with Crippen LogP contribution in [-0.2, 0) is 17.8 Å². The van der Waals surface area contributed by atoms with E-state index in [0.29, 0.717) is 41.5 Å². The Hall–Kier alpha value is -3.37. The predicted molar refractivity (Wildman–Crippen MR) is 111 cm³/mol. The largest absolute Gasteiger partial charge is 0.457 e. The van der Waals surface area contributed by atoms with Gasteiger partial charge in [0.1, 0.15) is 18.5 Å². The molecule has 1 aromatic heterocycles. The lowest BCUT2D eigenvalue weighted by molar-refractivity contribution is 0.0535. The van der Waals surface area contributed by atoms with E-state index in [0.717, 1.165) is 29.7 Å². The second-order valence-corrected chi connectivity index (χ2v) is 7.14. The number of hydrogen-bond donors (Lipinski definition) is 3. The Balaban J connectivity index is 1.50. The predicted octanol–water partition coefficient (Wildman–Crippen LogP) is 2.59. The lowest BCUT2D eigenvalue weighted by Gasteiger charge is -2.11. The van der Waals surface area contributed by atoms with Crippen LogP contribution in [0.5, 0.6) is 0 Å². The molecular formula is C22H25N5O2. The van der Waals surface area contributed by atoms with Gasteiger partial charge in [-0.25, -0.2) is 9.78 Å². The average Bonchev–Trinajstić information content (AvgIpc) is 3.06. The summed E-state index contributed by atoms with van der Waals surface area (Å²) in [7, 11) is 0. The van der Waals surface area contributed by atoms with Gasteiger partial charge in [-0.05, 0) is 62.6 Å². The Morgan fingerprint density at radius 3 is 2.90 bits per heavy atom. The van der Waals surface area contributed by atoms with Gasteiger partial charge in [-0.3, -0.25) is 0 Å². The number of esters is 1. The highest BCUT2D eigenvalue weighted by molar-refractivity contribution is 5.93. The summed E-state index contributed by atoms with van der Waals surface area (Å²) in [5, 5.41) is 15.5. The zero-order chi connectivity index (χ0) is 21.0. The van der Waals surface area contributed by atoms with Crippen LogP contribution in [0.3, 0.4) is 0 Å². The molecular weight excluding hydrogens is 366 g/mol. The number of anilines is 1. The Kier molecular flexibility index (Phi) is 6.15. The highest BCUT2D eigenvalue weighted by Crippen LogP contribution is 2.26. The first-order valence-electron chi connectivity index (χ1n) is 9.49. The Labute approximate surface area is 170 Å². The number of aromatic nitrogens is 1. The van der Waals surface area contributed by atoms with Gasteiger partial charge in [0.25, 0.3) is 0 Å². The van der Waals surface area contributed by atoms with Crippen molar-refractivity contribution in [1.82, 2.24) is 10.3 Å². The molecule has 0 atom stereocenters. The molecule has 0 fully saturated rings. The maximum absolute atomic E-state index is 11.6. The summed E-state index contributed by atoms with van der Waals surface area (Å²) in [5.41, 5.74) is 12.9. The number of carbonyl (C=O) groups is 1. The quantitative estimate of drug-likeness (QED) is 0.491. The van der Waals surface area contributed by atoms with Crippen LogP contribution in [0.2, 0.25) is 0 Å². The van der Waals surface area contributed by atoms with Crippen LogP contribution in [-0.4, -0.2) is 24.0 Å². The Bertz CT molecular complexity index is 998. The number of hydrogen-bond acceptors (Lipinski definition) is 7. The van der Waals surface area contributed by atoms with Crippen LogP contribution in [0.25, 0.3) is 0 Å².